The van der Waals surface area contributed by atoms with Crippen LogP contribution in [-0.4, -0.2) is 65.3 Å². The van der Waals surface area contributed by atoms with Crippen molar-refractivity contribution in [3.63, 3.8) is 0 Å². The average molecular weight is 412 g/mol. The van der Waals surface area contributed by atoms with Crippen LogP contribution in [0.1, 0.15) is 6.92 Å². The van der Waals surface area contributed by atoms with Crippen molar-refractivity contribution in [3.8, 4) is 0 Å². The van der Waals surface area contributed by atoms with Crippen molar-refractivity contribution < 1.29 is 9.21 Å². The predicted molar refractivity (Wildman–Crippen MR) is 115 cm³/mol. The number of pyridine rings is 1. The molecule has 0 aliphatic carbocycles. The number of hydrogen-bond donors (Lipinski definition) is 1. The summed E-state index contributed by atoms with van der Waals surface area (Å²) in [5, 5.41) is 3.60. The molecule has 1 aliphatic heterocycles. The molecule has 1 atom stereocenters. The number of amides is 1. The highest BCUT2D eigenvalue weighted by atomic mass is 32.2. The molecule has 1 N–H and O–H groups in total. The average Bonchev–Trinajstić information content (AvgIpc) is 3.16. The molecule has 8 heteroatoms. The number of anilines is 1. The number of benzene rings is 1. The molecule has 1 aromatic carbocycles. The van der Waals surface area contributed by atoms with Gasteiger partial charge in [0.1, 0.15) is 11.3 Å². The Labute approximate surface area is 174 Å². The number of rotatable bonds is 7. The number of fused-ring (bicyclic) bond motifs is 1. The second-order valence-electron chi connectivity index (χ2n) is 7.18. The van der Waals surface area contributed by atoms with E-state index in [1.807, 2.05) is 55.6 Å². The van der Waals surface area contributed by atoms with Gasteiger partial charge in [0.15, 0.2) is 5.58 Å². The van der Waals surface area contributed by atoms with Crippen molar-refractivity contribution in [2.75, 3.05) is 43.4 Å². The molecule has 1 saturated heterocycles. The van der Waals surface area contributed by atoms with Crippen LogP contribution in [0.25, 0.3) is 11.1 Å². The monoisotopic (exact) mass is 411 g/mol. The fourth-order valence-electron chi connectivity index (χ4n) is 3.49. The van der Waals surface area contributed by atoms with Gasteiger partial charge in [-0.2, -0.15) is 0 Å². The summed E-state index contributed by atoms with van der Waals surface area (Å²) >= 11 is 1.32. The van der Waals surface area contributed by atoms with Gasteiger partial charge in [0.05, 0.1) is 5.75 Å². The SMILES string of the molecule is CC(CN1CCN(c2ccccn2)CC1)NC(=O)CSc1nc2ccccc2o1. The lowest BCUT2D eigenvalue weighted by molar-refractivity contribution is -0.119. The second-order valence-corrected chi connectivity index (χ2v) is 8.11. The molecule has 0 radical (unpaired) electrons. The van der Waals surface area contributed by atoms with Gasteiger partial charge in [0, 0.05) is 45.0 Å². The van der Waals surface area contributed by atoms with E-state index in [1.165, 1.54) is 11.8 Å². The molecule has 4 rings (SSSR count). The zero-order chi connectivity index (χ0) is 20.1. The van der Waals surface area contributed by atoms with Crippen LogP contribution in [-0.2, 0) is 4.79 Å². The van der Waals surface area contributed by atoms with Gasteiger partial charge in [0.2, 0.25) is 5.91 Å². The fraction of sp³-hybridized carbons (Fsp3) is 0.381. The number of carbonyl (C=O) groups is 1. The van der Waals surface area contributed by atoms with Crippen molar-refractivity contribution in [2.24, 2.45) is 0 Å². The van der Waals surface area contributed by atoms with Gasteiger partial charge in [0.25, 0.3) is 5.22 Å². The van der Waals surface area contributed by atoms with Gasteiger partial charge in [-0.25, -0.2) is 9.97 Å². The van der Waals surface area contributed by atoms with Gasteiger partial charge in [-0.3, -0.25) is 9.69 Å². The number of nitrogens with one attached hydrogen (secondary N) is 1. The minimum atomic E-state index is -0.00289. The largest absolute Gasteiger partial charge is 0.431 e. The zero-order valence-electron chi connectivity index (χ0n) is 16.5. The van der Waals surface area contributed by atoms with E-state index in [0.29, 0.717) is 11.0 Å². The van der Waals surface area contributed by atoms with Crippen LogP contribution in [0.2, 0.25) is 0 Å². The van der Waals surface area contributed by atoms with Crippen LogP contribution in [0.15, 0.2) is 58.3 Å². The van der Waals surface area contributed by atoms with E-state index >= 15 is 0 Å². The van der Waals surface area contributed by atoms with E-state index in [1.54, 1.807) is 0 Å². The number of oxazole rings is 1. The Balaban J connectivity index is 1.18. The first-order valence-electron chi connectivity index (χ1n) is 9.83. The van der Waals surface area contributed by atoms with Crippen molar-refractivity contribution in [1.82, 2.24) is 20.2 Å². The van der Waals surface area contributed by atoms with Crippen molar-refractivity contribution in [1.29, 1.82) is 0 Å². The summed E-state index contributed by atoms with van der Waals surface area (Å²) in [6.45, 7) is 6.72. The third kappa shape index (κ3) is 5.27. The van der Waals surface area contributed by atoms with Gasteiger partial charge in [-0.05, 0) is 31.2 Å². The number of para-hydroxylation sites is 2. The molecule has 1 amide bonds. The highest BCUT2D eigenvalue weighted by Gasteiger charge is 2.20. The van der Waals surface area contributed by atoms with Crippen LogP contribution in [0.3, 0.4) is 0 Å². The first-order chi connectivity index (χ1) is 14.2. The summed E-state index contributed by atoms with van der Waals surface area (Å²) < 4.78 is 5.65. The highest BCUT2D eigenvalue weighted by Crippen LogP contribution is 2.22. The molecule has 1 unspecified atom stereocenters. The molecule has 29 heavy (non-hydrogen) atoms. The molecule has 3 aromatic rings. The number of carbonyl (C=O) groups excluding carboxylic acids is 1. The predicted octanol–water partition coefficient (Wildman–Crippen LogP) is 2.64. The Morgan fingerprint density at radius 1 is 1.17 bits per heavy atom. The molecule has 2 aromatic heterocycles. The van der Waals surface area contributed by atoms with Crippen LogP contribution in [0, 0.1) is 0 Å². The maximum atomic E-state index is 12.3. The molecule has 0 spiro atoms. The molecule has 7 nitrogen and oxygen atoms in total. The molecule has 3 heterocycles. The molecular formula is C21H25N5O2S. The standard InChI is InChI=1S/C21H25N5O2S/c1-16(14-25-10-12-26(13-11-25)19-8-4-5-9-22-19)23-20(27)15-29-21-24-17-6-2-3-7-18(17)28-21/h2-9,16H,10-15H2,1H3,(H,23,27). The molecule has 1 aliphatic rings. The summed E-state index contributed by atoms with van der Waals surface area (Å²) in [5.41, 5.74) is 1.56. The molecule has 0 bridgehead atoms. The Morgan fingerprint density at radius 3 is 2.72 bits per heavy atom. The lowest BCUT2D eigenvalue weighted by atomic mass is 10.2. The summed E-state index contributed by atoms with van der Waals surface area (Å²) in [5.74, 6) is 1.33. The van der Waals surface area contributed by atoms with Crippen molar-refractivity contribution >= 4 is 34.6 Å². The van der Waals surface area contributed by atoms with Gasteiger partial charge >= 0.3 is 0 Å². The maximum absolute atomic E-state index is 12.3. The number of aromatic nitrogens is 2. The van der Waals surface area contributed by atoms with E-state index in [9.17, 15) is 4.79 Å². The lowest BCUT2D eigenvalue weighted by Gasteiger charge is -2.36. The Hall–Kier alpha value is -2.58. The van der Waals surface area contributed by atoms with E-state index in [2.05, 4.69) is 25.1 Å². The molecule has 0 saturated carbocycles. The van der Waals surface area contributed by atoms with Crippen molar-refractivity contribution in [2.45, 2.75) is 18.2 Å². The summed E-state index contributed by atoms with van der Waals surface area (Å²) in [4.78, 5) is 25.8. The summed E-state index contributed by atoms with van der Waals surface area (Å²) in [6.07, 6.45) is 1.83. The Morgan fingerprint density at radius 2 is 1.97 bits per heavy atom. The minimum Gasteiger partial charge on any atom is -0.431 e. The van der Waals surface area contributed by atoms with Gasteiger partial charge in [-0.15, -0.1) is 0 Å². The van der Waals surface area contributed by atoms with Crippen LogP contribution < -0.4 is 10.2 Å². The van der Waals surface area contributed by atoms with E-state index in [0.717, 1.165) is 49.6 Å². The van der Waals surface area contributed by atoms with E-state index in [4.69, 9.17) is 4.42 Å². The van der Waals surface area contributed by atoms with E-state index < -0.39 is 0 Å². The smallest absolute Gasteiger partial charge is 0.257 e. The molecular weight excluding hydrogens is 386 g/mol. The first-order valence-corrected chi connectivity index (χ1v) is 10.8. The van der Waals surface area contributed by atoms with Gasteiger partial charge in [-0.1, -0.05) is 30.0 Å². The Kier molecular flexibility index (Phi) is 6.31. The molecule has 1 fully saturated rings. The summed E-state index contributed by atoms with van der Waals surface area (Å²) in [6, 6.07) is 13.7. The van der Waals surface area contributed by atoms with Crippen molar-refractivity contribution in [3.05, 3.63) is 48.7 Å². The number of thioether (sulfide) groups is 1. The minimum absolute atomic E-state index is 0.00289. The first kappa shape index (κ1) is 19.7. The third-order valence-electron chi connectivity index (χ3n) is 4.89. The van der Waals surface area contributed by atoms with E-state index in [-0.39, 0.29) is 11.9 Å². The maximum Gasteiger partial charge on any atom is 0.257 e. The quantitative estimate of drug-likeness (QED) is 0.599. The van der Waals surface area contributed by atoms with Gasteiger partial charge < -0.3 is 14.6 Å². The highest BCUT2D eigenvalue weighted by molar-refractivity contribution is 7.99. The summed E-state index contributed by atoms with van der Waals surface area (Å²) in [7, 11) is 0. The zero-order valence-corrected chi connectivity index (χ0v) is 17.3. The van der Waals surface area contributed by atoms with Crippen LogP contribution >= 0.6 is 11.8 Å². The lowest BCUT2D eigenvalue weighted by Crippen LogP contribution is -2.51. The van der Waals surface area contributed by atoms with Crippen LogP contribution in [0.4, 0.5) is 5.82 Å². The molecule has 152 valence electrons. The third-order valence-corrected chi connectivity index (χ3v) is 5.71. The fourth-order valence-corrected chi connectivity index (χ4v) is 4.14. The second kappa shape index (κ2) is 9.28. The Bertz CT molecular complexity index is 907. The number of hydrogen-bond acceptors (Lipinski definition) is 7. The number of nitrogens with zero attached hydrogens (tertiary/aromatic N) is 4. The van der Waals surface area contributed by atoms with Crippen LogP contribution in [0.5, 0.6) is 0 Å². The topological polar surface area (TPSA) is 74.5 Å². The normalized spacial score (nSPS) is 16.1. The number of piperazine rings is 1.